The predicted molar refractivity (Wildman–Crippen MR) is 263 cm³/mol. The van der Waals surface area contributed by atoms with Crippen molar-refractivity contribution >= 4 is 11.1 Å². The van der Waals surface area contributed by atoms with Crippen LogP contribution in [0.15, 0.2) is 235 Å². The molecule has 0 saturated heterocycles. The summed E-state index contributed by atoms with van der Waals surface area (Å²) in [6.07, 6.45) is 0. The Labute approximate surface area is 377 Å². The van der Waals surface area contributed by atoms with Gasteiger partial charge in [-0.25, -0.2) is 15.0 Å². The molecule has 9 aromatic carbocycles. The van der Waals surface area contributed by atoms with Crippen LogP contribution in [0.2, 0.25) is 0 Å². The Kier molecular flexibility index (Phi) is 10.2. The van der Waals surface area contributed by atoms with Gasteiger partial charge in [0.15, 0.2) is 11.4 Å². The molecule has 0 aliphatic carbocycles. The number of para-hydroxylation sites is 2. The van der Waals surface area contributed by atoms with Gasteiger partial charge in [-0.2, -0.15) is 5.26 Å². The smallest absolute Gasteiger partial charge is 0.228 e. The molecule has 11 rings (SSSR count). The van der Waals surface area contributed by atoms with Gasteiger partial charge in [0.2, 0.25) is 5.89 Å². The number of rotatable bonds is 9. The topological polar surface area (TPSA) is 75.6 Å². The Morgan fingerprint density at radius 3 is 1.45 bits per heavy atom. The van der Waals surface area contributed by atoms with E-state index in [1.54, 1.807) is 0 Å². The van der Waals surface area contributed by atoms with E-state index in [1.165, 1.54) is 0 Å². The highest BCUT2D eigenvalue weighted by molar-refractivity contribution is 5.98. The lowest BCUT2D eigenvalue weighted by Gasteiger charge is -2.18. The SMILES string of the molecule is N#Cc1cccc(-c2ccc(-c3cc(-c4ccccc4)c(-c4nc5ccccc5o4)c(-c4ccccc4)c3)cc2-c2ccc(-c3cc(-c4ccccc4)nc(-c4ccccc4)n3)cc2)c1. The molecule has 0 aliphatic heterocycles. The first-order valence-corrected chi connectivity index (χ1v) is 21.6. The van der Waals surface area contributed by atoms with E-state index in [9.17, 15) is 5.26 Å². The number of aromatic nitrogens is 3. The predicted octanol–water partition coefficient (Wildman–Crippen LogP) is 15.5. The lowest BCUT2D eigenvalue weighted by Crippen LogP contribution is -1.96. The third-order valence-electron chi connectivity index (χ3n) is 11.8. The molecular formula is C60H38N4O. The van der Waals surface area contributed by atoms with Crippen LogP contribution in [0, 0.1) is 11.3 Å². The molecule has 0 N–H and O–H groups in total. The normalized spacial score (nSPS) is 11.1. The number of nitriles is 1. The Bertz CT molecular complexity index is 3370. The van der Waals surface area contributed by atoms with Crippen molar-refractivity contribution in [1.82, 2.24) is 15.0 Å². The Hall–Kier alpha value is -8.98. The summed E-state index contributed by atoms with van der Waals surface area (Å²) in [5.74, 6) is 1.24. The second-order valence-electron chi connectivity index (χ2n) is 15.9. The second-order valence-corrected chi connectivity index (χ2v) is 15.9. The largest absolute Gasteiger partial charge is 0.436 e. The van der Waals surface area contributed by atoms with Gasteiger partial charge in [0.25, 0.3) is 0 Å². The molecule has 0 amide bonds. The van der Waals surface area contributed by atoms with Gasteiger partial charge < -0.3 is 4.42 Å². The molecular weight excluding hydrogens is 793 g/mol. The summed E-state index contributed by atoms with van der Waals surface area (Å²) in [7, 11) is 0. The number of oxazole rings is 1. The van der Waals surface area contributed by atoms with Crippen LogP contribution in [0.5, 0.6) is 0 Å². The van der Waals surface area contributed by atoms with Crippen LogP contribution in [0.25, 0.3) is 112 Å². The summed E-state index contributed by atoms with van der Waals surface area (Å²) < 4.78 is 6.54. The molecule has 5 heteroatoms. The zero-order chi connectivity index (χ0) is 43.5. The molecule has 0 fully saturated rings. The van der Waals surface area contributed by atoms with Crippen LogP contribution >= 0.6 is 0 Å². The van der Waals surface area contributed by atoms with Crippen molar-refractivity contribution < 1.29 is 4.42 Å². The maximum absolute atomic E-state index is 9.93. The number of hydrogen-bond donors (Lipinski definition) is 0. The molecule has 0 radical (unpaired) electrons. The minimum atomic E-state index is 0.569. The van der Waals surface area contributed by atoms with Gasteiger partial charge in [-0.3, -0.25) is 0 Å². The third-order valence-corrected chi connectivity index (χ3v) is 11.8. The van der Waals surface area contributed by atoms with E-state index in [0.717, 1.165) is 100 Å². The van der Waals surface area contributed by atoms with Gasteiger partial charge in [-0.05, 0) is 104 Å². The van der Waals surface area contributed by atoms with Gasteiger partial charge in [0.1, 0.15) is 5.52 Å². The fourth-order valence-corrected chi connectivity index (χ4v) is 8.57. The number of hydrogen-bond acceptors (Lipinski definition) is 5. The highest BCUT2D eigenvalue weighted by Gasteiger charge is 2.22. The summed E-state index contributed by atoms with van der Waals surface area (Å²) in [5, 5.41) is 9.93. The Morgan fingerprint density at radius 2 is 0.831 bits per heavy atom. The van der Waals surface area contributed by atoms with E-state index in [4.69, 9.17) is 19.4 Å². The van der Waals surface area contributed by atoms with Gasteiger partial charge >= 0.3 is 0 Å². The first-order valence-electron chi connectivity index (χ1n) is 21.6. The molecule has 2 heterocycles. The van der Waals surface area contributed by atoms with E-state index in [2.05, 4.69) is 133 Å². The summed E-state index contributed by atoms with van der Waals surface area (Å²) >= 11 is 0. The summed E-state index contributed by atoms with van der Waals surface area (Å²) in [6, 6.07) is 81.1. The highest BCUT2D eigenvalue weighted by atomic mass is 16.3. The molecule has 0 spiro atoms. The molecule has 0 atom stereocenters. The molecule has 0 unspecified atom stereocenters. The van der Waals surface area contributed by atoms with Crippen LogP contribution in [-0.2, 0) is 0 Å². The van der Waals surface area contributed by atoms with E-state index >= 15 is 0 Å². The molecule has 0 aliphatic rings. The number of nitrogens with zero attached hydrogens (tertiary/aromatic N) is 4. The Balaban J connectivity index is 1.09. The average Bonchev–Trinajstić information content (AvgIpc) is 3.83. The zero-order valence-electron chi connectivity index (χ0n) is 35.1. The maximum atomic E-state index is 9.93. The van der Waals surface area contributed by atoms with Crippen molar-refractivity contribution in [3.05, 3.63) is 236 Å². The number of benzene rings is 9. The molecule has 5 nitrogen and oxygen atoms in total. The molecule has 2 aromatic heterocycles. The maximum Gasteiger partial charge on any atom is 0.228 e. The monoisotopic (exact) mass is 830 g/mol. The second kappa shape index (κ2) is 17.1. The average molecular weight is 831 g/mol. The van der Waals surface area contributed by atoms with Crippen LogP contribution < -0.4 is 0 Å². The minimum Gasteiger partial charge on any atom is -0.436 e. The number of fused-ring (bicyclic) bond motifs is 1. The quantitative estimate of drug-likeness (QED) is 0.145. The van der Waals surface area contributed by atoms with E-state index in [0.29, 0.717) is 17.3 Å². The first-order chi connectivity index (χ1) is 32.1. The first kappa shape index (κ1) is 38.9. The minimum absolute atomic E-state index is 0.569. The molecule has 0 saturated carbocycles. The van der Waals surface area contributed by atoms with Crippen LogP contribution in [0.1, 0.15) is 5.56 Å². The lowest BCUT2D eigenvalue weighted by molar-refractivity contribution is 0.620. The zero-order valence-corrected chi connectivity index (χ0v) is 35.1. The van der Waals surface area contributed by atoms with Crippen molar-refractivity contribution in [1.29, 1.82) is 5.26 Å². The van der Waals surface area contributed by atoms with Gasteiger partial charge in [-0.1, -0.05) is 182 Å². The summed E-state index contributed by atoms with van der Waals surface area (Å²) in [6.45, 7) is 0. The lowest BCUT2D eigenvalue weighted by atomic mass is 9.86. The Morgan fingerprint density at radius 1 is 0.338 bits per heavy atom. The van der Waals surface area contributed by atoms with Crippen LogP contribution in [0.4, 0.5) is 0 Å². The van der Waals surface area contributed by atoms with Crippen molar-refractivity contribution in [2.24, 2.45) is 0 Å². The van der Waals surface area contributed by atoms with Crippen molar-refractivity contribution in [2.75, 3.05) is 0 Å². The van der Waals surface area contributed by atoms with E-state index in [1.807, 2.05) is 103 Å². The molecule has 65 heavy (non-hydrogen) atoms. The van der Waals surface area contributed by atoms with Crippen LogP contribution in [0.3, 0.4) is 0 Å². The van der Waals surface area contributed by atoms with Gasteiger partial charge in [-0.15, -0.1) is 0 Å². The van der Waals surface area contributed by atoms with Crippen LogP contribution in [-0.4, -0.2) is 15.0 Å². The van der Waals surface area contributed by atoms with Gasteiger partial charge in [0.05, 0.1) is 28.6 Å². The summed E-state index contributed by atoms with van der Waals surface area (Å²) in [4.78, 5) is 15.1. The third kappa shape index (κ3) is 7.78. The van der Waals surface area contributed by atoms with Gasteiger partial charge in [0, 0.05) is 16.7 Å². The molecule has 11 aromatic rings. The van der Waals surface area contributed by atoms with Crippen molar-refractivity contribution in [2.45, 2.75) is 0 Å². The fourth-order valence-electron chi connectivity index (χ4n) is 8.57. The molecule has 0 bridgehead atoms. The van der Waals surface area contributed by atoms with Crippen molar-refractivity contribution in [3.63, 3.8) is 0 Å². The van der Waals surface area contributed by atoms with E-state index < -0.39 is 0 Å². The standard InChI is InChI=1S/C60H38N4O/c61-39-40-16-15-25-48(34-40)50-33-32-47(35-51(50)43-28-30-45(31-29-43)56-38-55(44-21-9-3-10-22-44)62-59(63-56)46-23-11-4-12-24-46)49-36-52(41-17-5-1-6-18-41)58(53(37-49)42-19-7-2-8-20-42)60-64-54-26-13-14-27-57(54)65-60/h1-38H. The molecule has 304 valence electrons. The fraction of sp³-hybridized carbons (Fsp3) is 0. The highest BCUT2D eigenvalue weighted by Crippen LogP contribution is 2.45. The van der Waals surface area contributed by atoms with Crippen molar-refractivity contribution in [3.8, 4) is 107 Å². The van der Waals surface area contributed by atoms with E-state index in [-0.39, 0.29) is 0 Å². The summed E-state index contributed by atoms with van der Waals surface area (Å²) in [5.41, 5.74) is 18.0.